The normalized spacial score (nSPS) is 15.2. The minimum Gasteiger partial charge on any atom is -0.382 e. The highest BCUT2D eigenvalue weighted by Gasteiger charge is 2.39. The number of carbonyl (C=O) groups is 1. The molecule has 1 aliphatic rings. The van der Waals surface area contributed by atoms with Crippen molar-refractivity contribution in [2.45, 2.75) is 31.9 Å². The number of nitrogens with zero attached hydrogens (tertiary/aromatic N) is 4. The number of halogens is 6. The molecule has 1 unspecified atom stereocenters. The van der Waals surface area contributed by atoms with Crippen LogP contribution in [-0.2, 0) is 23.6 Å². The van der Waals surface area contributed by atoms with Gasteiger partial charge in [0.1, 0.15) is 11.4 Å². The van der Waals surface area contributed by atoms with Gasteiger partial charge in [0.15, 0.2) is 0 Å². The summed E-state index contributed by atoms with van der Waals surface area (Å²) in [5, 5.41) is 0. The quantitative estimate of drug-likeness (QED) is 0.478. The third kappa shape index (κ3) is 4.74. The summed E-state index contributed by atoms with van der Waals surface area (Å²) in [5.74, 6) is -0.722. The molecule has 0 saturated carbocycles. The van der Waals surface area contributed by atoms with Gasteiger partial charge in [-0.3, -0.25) is 9.59 Å². The Hall–Kier alpha value is -3.61. The number of hydrogen-bond donors (Lipinski definition) is 0. The molecule has 0 bridgehead atoms. The lowest BCUT2D eigenvalue weighted by atomic mass is 9.98. The summed E-state index contributed by atoms with van der Waals surface area (Å²) >= 11 is 0. The fourth-order valence-electron chi connectivity index (χ4n) is 4.17. The van der Waals surface area contributed by atoms with Crippen molar-refractivity contribution in [3.8, 4) is 5.69 Å². The molecule has 0 aliphatic carbocycles. The maximum absolute atomic E-state index is 13.4. The van der Waals surface area contributed by atoms with Crippen molar-refractivity contribution in [1.29, 1.82) is 0 Å². The summed E-state index contributed by atoms with van der Waals surface area (Å²) in [7, 11) is 1.22. The van der Waals surface area contributed by atoms with Crippen molar-refractivity contribution in [2.75, 3.05) is 20.3 Å². The van der Waals surface area contributed by atoms with Gasteiger partial charge in [-0.15, -0.1) is 0 Å². The second-order valence-electron chi connectivity index (χ2n) is 8.29. The van der Waals surface area contributed by atoms with Gasteiger partial charge in [0.25, 0.3) is 11.5 Å². The van der Waals surface area contributed by atoms with Crippen LogP contribution in [0.3, 0.4) is 0 Å². The molecule has 3 aromatic rings. The Bertz CT molecular complexity index is 1330. The first kappa shape index (κ1) is 25.5. The predicted octanol–water partition coefficient (Wildman–Crippen LogP) is 4.22. The van der Waals surface area contributed by atoms with E-state index in [1.165, 1.54) is 34.7 Å². The number of pyridine rings is 1. The molecule has 1 aromatic carbocycles. The van der Waals surface area contributed by atoms with Crippen molar-refractivity contribution in [2.24, 2.45) is 0 Å². The lowest BCUT2D eigenvalue weighted by molar-refractivity contribution is -0.143. The lowest BCUT2D eigenvalue weighted by Crippen LogP contribution is -2.47. The van der Waals surface area contributed by atoms with E-state index in [2.05, 4.69) is 4.98 Å². The maximum Gasteiger partial charge on any atom is 0.416 e. The zero-order chi connectivity index (χ0) is 26.4. The first-order valence-corrected chi connectivity index (χ1v) is 10.7. The number of hydrogen-bond acceptors (Lipinski definition) is 4. The third-order valence-electron chi connectivity index (χ3n) is 5.88. The van der Waals surface area contributed by atoms with Crippen LogP contribution in [0.1, 0.15) is 38.9 Å². The number of aromatic nitrogens is 3. The largest absolute Gasteiger partial charge is 0.416 e. The van der Waals surface area contributed by atoms with Crippen molar-refractivity contribution in [3.63, 3.8) is 0 Å². The second kappa shape index (κ2) is 9.12. The Labute approximate surface area is 200 Å². The van der Waals surface area contributed by atoms with Crippen molar-refractivity contribution >= 4 is 5.91 Å². The van der Waals surface area contributed by atoms with Gasteiger partial charge in [-0.05, 0) is 42.8 Å². The number of methoxy groups -OCH3 is 1. The Kier molecular flexibility index (Phi) is 6.45. The van der Waals surface area contributed by atoms with Crippen LogP contribution in [0.25, 0.3) is 5.69 Å². The molecule has 2 aromatic heterocycles. The Morgan fingerprint density at radius 3 is 2.17 bits per heavy atom. The van der Waals surface area contributed by atoms with Crippen molar-refractivity contribution in [1.82, 2.24) is 19.0 Å². The Morgan fingerprint density at radius 2 is 1.64 bits per heavy atom. The molecule has 192 valence electrons. The highest BCUT2D eigenvalue weighted by Crippen LogP contribution is 2.39. The zero-order valence-corrected chi connectivity index (χ0v) is 19.0. The number of aryl methyl sites for hydroxylation is 1. The molecule has 4 rings (SSSR count). The average molecular weight is 514 g/mol. The van der Waals surface area contributed by atoms with Crippen LogP contribution in [0.15, 0.2) is 47.7 Å². The molecule has 0 spiro atoms. The number of carbonyl (C=O) groups excluding carboxylic acids is 1. The van der Waals surface area contributed by atoms with Crippen molar-refractivity contribution < 1.29 is 35.9 Å². The van der Waals surface area contributed by atoms with Gasteiger partial charge < -0.3 is 18.8 Å². The topological polar surface area (TPSA) is 69.4 Å². The van der Waals surface area contributed by atoms with Crippen LogP contribution < -0.4 is 5.56 Å². The molecule has 1 amide bonds. The summed E-state index contributed by atoms with van der Waals surface area (Å²) in [4.78, 5) is 31.5. The molecule has 1 aliphatic heterocycles. The van der Waals surface area contributed by atoms with E-state index in [1.807, 2.05) is 0 Å². The van der Waals surface area contributed by atoms with E-state index in [1.54, 1.807) is 13.1 Å². The molecule has 0 N–H and O–H groups in total. The Balaban J connectivity index is 1.77. The molecule has 0 fully saturated rings. The molecule has 13 heteroatoms. The molecule has 0 radical (unpaired) electrons. The number of fused-ring (bicyclic) bond motifs is 1. The molecule has 3 heterocycles. The number of benzene rings is 1. The highest BCUT2D eigenvalue weighted by atomic mass is 19.4. The van der Waals surface area contributed by atoms with Gasteiger partial charge >= 0.3 is 12.4 Å². The number of imidazole rings is 1. The maximum atomic E-state index is 13.4. The smallest absolute Gasteiger partial charge is 0.382 e. The zero-order valence-electron chi connectivity index (χ0n) is 19.0. The number of alkyl halides is 6. The molecule has 36 heavy (non-hydrogen) atoms. The first-order chi connectivity index (χ1) is 16.8. The SMILES string of the molecule is COCC(c1cc(C(F)(F)F)cc(C(F)(F)F)c1)N1CCn2c(ccc(-n3cnc(C)c3)c2=O)C1=O. The second-order valence-corrected chi connectivity index (χ2v) is 8.29. The van der Waals surface area contributed by atoms with E-state index in [4.69, 9.17) is 4.74 Å². The van der Waals surface area contributed by atoms with E-state index >= 15 is 0 Å². The van der Waals surface area contributed by atoms with Gasteiger partial charge in [-0.25, -0.2) is 4.98 Å². The van der Waals surface area contributed by atoms with Crippen LogP contribution in [0.2, 0.25) is 0 Å². The fraction of sp³-hybridized carbons (Fsp3) is 0.348. The molecule has 1 atom stereocenters. The van der Waals surface area contributed by atoms with Gasteiger partial charge in [0.2, 0.25) is 0 Å². The van der Waals surface area contributed by atoms with E-state index in [-0.39, 0.29) is 42.7 Å². The third-order valence-corrected chi connectivity index (χ3v) is 5.88. The van der Waals surface area contributed by atoms with Crippen molar-refractivity contribution in [3.05, 3.63) is 81.3 Å². The van der Waals surface area contributed by atoms with Gasteiger partial charge in [-0.2, -0.15) is 26.3 Å². The van der Waals surface area contributed by atoms with Crippen LogP contribution in [-0.4, -0.2) is 45.2 Å². The fourth-order valence-corrected chi connectivity index (χ4v) is 4.17. The molecular formula is C23H20F6N4O3. The van der Waals surface area contributed by atoms with Gasteiger partial charge in [0.05, 0.1) is 35.8 Å². The summed E-state index contributed by atoms with van der Waals surface area (Å²) < 4.78 is 88.2. The molecule has 0 saturated heterocycles. The summed E-state index contributed by atoms with van der Waals surface area (Å²) in [6, 6.07) is 2.73. The standard InChI is InChI=1S/C23H20F6N4O3/c1-13-10-31(12-30-13)17-3-4-18-21(35)33(6-5-32(18)20(17)34)19(11-36-2)14-7-15(22(24,25)26)9-16(8-14)23(27,28)29/h3-4,7-10,12,19H,5-6,11H2,1-2H3. The predicted molar refractivity (Wildman–Crippen MR) is 115 cm³/mol. The summed E-state index contributed by atoms with van der Waals surface area (Å²) in [6.45, 7) is 1.22. The first-order valence-electron chi connectivity index (χ1n) is 10.7. The molecular weight excluding hydrogens is 494 g/mol. The highest BCUT2D eigenvalue weighted by molar-refractivity contribution is 5.93. The minimum atomic E-state index is -5.04. The summed E-state index contributed by atoms with van der Waals surface area (Å²) in [6.07, 6.45) is -7.01. The minimum absolute atomic E-state index is 0.0211. The lowest BCUT2D eigenvalue weighted by Gasteiger charge is -2.36. The van der Waals surface area contributed by atoms with E-state index in [0.29, 0.717) is 17.8 Å². The summed E-state index contributed by atoms with van der Waals surface area (Å²) in [5.41, 5.74) is -2.99. The van der Waals surface area contributed by atoms with Crippen LogP contribution in [0.4, 0.5) is 26.3 Å². The van der Waals surface area contributed by atoms with E-state index < -0.39 is 41.0 Å². The van der Waals surface area contributed by atoms with E-state index in [9.17, 15) is 35.9 Å². The number of ether oxygens (including phenoxy) is 1. The number of amides is 1. The number of rotatable bonds is 5. The van der Waals surface area contributed by atoms with Crippen LogP contribution >= 0.6 is 0 Å². The van der Waals surface area contributed by atoms with Crippen LogP contribution in [0.5, 0.6) is 0 Å². The monoisotopic (exact) mass is 514 g/mol. The van der Waals surface area contributed by atoms with Crippen LogP contribution in [0, 0.1) is 6.92 Å². The molecule has 7 nitrogen and oxygen atoms in total. The van der Waals surface area contributed by atoms with E-state index in [0.717, 1.165) is 4.90 Å². The van der Waals surface area contributed by atoms with Gasteiger partial charge in [0, 0.05) is 26.4 Å². The Morgan fingerprint density at radius 1 is 1.00 bits per heavy atom. The average Bonchev–Trinajstić information content (AvgIpc) is 3.23. The van der Waals surface area contributed by atoms with Gasteiger partial charge in [-0.1, -0.05) is 0 Å².